The predicted molar refractivity (Wildman–Crippen MR) is 67.7 cm³/mol. The third-order valence-corrected chi connectivity index (χ3v) is 2.69. The molecule has 0 atom stereocenters. The number of hydrogen-bond donors (Lipinski definition) is 1. The number of hydrogen-bond acceptors (Lipinski definition) is 2. The van der Waals surface area contributed by atoms with Crippen LogP contribution in [0.5, 0.6) is 0 Å². The van der Waals surface area contributed by atoms with Gasteiger partial charge in [-0.1, -0.05) is 18.5 Å². The van der Waals surface area contributed by atoms with E-state index in [2.05, 4.69) is 0 Å². The van der Waals surface area contributed by atoms with Crippen molar-refractivity contribution in [1.29, 1.82) is 0 Å². The lowest BCUT2D eigenvalue weighted by Crippen LogP contribution is -2.32. The molecule has 0 bridgehead atoms. The van der Waals surface area contributed by atoms with Crippen molar-refractivity contribution < 1.29 is 9.18 Å². The number of carbonyl (C=O) groups is 1. The second kappa shape index (κ2) is 6.57. The van der Waals surface area contributed by atoms with E-state index in [9.17, 15) is 9.18 Å². The molecule has 0 spiro atoms. The molecule has 5 heteroatoms. The highest BCUT2D eigenvalue weighted by atomic mass is 35.5. The second-order valence-electron chi connectivity index (χ2n) is 3.64. The number of benzene rings is 1. The number of rotatable bonds is 5. The number of carbonyl (C=O) groups excluding carboxylic acids is 1. The monoisotopic (exact) mass is 258 g/mol. The van der Waals surface area contributed by atoms with Crippen molar-refractivity contribution in [1.82, 2.24) is 0 Å². The molecule has 0 aliphatic rings. The third kappa shape index (κ3) is 3.68. The summed E-state index contributed by atoms with van der Waals surface area (Å²) < 4.78 is 13.0. The normalized spacial score (nSPS) is 10.4. The summed E-state index contributed by atoms with van der Waals surface area (Å²) in [5.41, 5.74) is 6.03. The van der Waals surface area contributed by atoms with Gasteiger partial charge in [0.05, 0.1) is 5.02 Å². The Bertz CT molecular complexity index is 398. The first-order valence-corrected chi connectivity index (χ1v) is 5.93. The van der Waals surface area contributed by atoms with Gasteiger partial charge in [-0.15, -0.1) is 0 Å². The molecule has 0 fully saturated rings. The summed E-state index contributed by atoms with van der Waals surface area (Å²) in [7, 11) is 0. The van der Waals surface area contributed by atoms with Crippen molar-refractivity contribution in [2.75, 3.05) is 18.0 Å². The van der Waals surface area contributed by atoms with Crippen molar-refractivity contribution in [3.05, 3.63) is 29.0 Å². The highest BCUT2D eigenvalue weighted by molar-refractivity contribution is 6.31. The van der Waals surface area contributed by atoms with Crippen LogP contribution in [0.3, 0.4) is 0 Å². The topological polar surface area (TPSA) is 46.3 Å². The van der Waals surface area contributed by atoms with Crippen LogP contribution in [-0.2, 0) is 4.79 Å². The van der Waals surface area contributed by atoms with E-state index >= 15 is 0 Å². The minimum atomic E-state index is -0.488. The maximum absolute atomic E-state index is 13.0. The van der Waals surface area contributed by atoms with Gasteiger partial charge in [-0.25, -0.2) is 4.39 Å². The molecule has 1 rings (SSSR count). The van der Waals surface area contributed by atoms with E-state index in [1.165, 1.54) is 12.1 Å². The molecule has 17 heavy (non-hydrogen) atoms. The standard InChI is InChI=1S/C12H16ClFN2O/c1-2-12(17)16(7-3-6-15)9-4-5-11(14)10(13)8-9/h4-5,8H,2-3,6-7,15H2,1H3. The minimum absolute atomic E-state index is 0.0177. The van der Waals surface area contributed by atoms with Crippen molar-refractivity contribution >= 4 is 23.2 Å². The molecule has 94 valence electrons. The zero-order valence-electron chi connectivity index (χ0n) is 9.75. The molecule has 2 N–H and O–H groups in total. The molecule has 0 radical (unpaired) electrons. The van der Waals surface area contributed by atoms with Gasteiger partial charge in [0.1, 0.15) is 5.82 Å². The van der Waals surface area contributed by atoms with Gasteiger partial charge in [0.25, 0.3) is 0 Å². The van der Waals surface area contributed by atoms with E-state index in [0.29, 0.717) is 31.6 Å². The van der Waals surface area contributed by atoms with Gasteiger partial charge < -0.3 is 10.6 Å². The Labute approximate surface area is 105 Å². The number of amides is 1. The van der Waals surface area contributed by atoms with E-state index < -0.39 is 5.82 Å². The maximum Gasteiger partial charge on any atom is 0.226 e. The zero-order valence-corrected chi connectivity index (χ0v) is 10.5. The molecular formula is C12H16ClFN2O. The van der Waals surface area contributed by atoms with Crippen LogP contribution in [0.2, 0.25) is 5.02 Å². The van der Waals surface area contributed by atoms with Gasteiger partial charge >= 0.3 is 0 Å². The molecule has 0 aliphatic carbocycles. The highest BCUT2D eigenvalue weighted by Gasteiger charge is 2.14. The minimum Gasteiger partial charge on any atom is -0.330 e. The smallest absolute Gasteiger partial charge is 0.226 e. The molecule has 0 saturated carbocycles. The molecule has 0 saturated heterocycles. The third-order valence-electron chi connectivity index (χ3n) is 2.40. The number of nitrogens with zero attached hydrogens (tertiary/aromatic N) is 1. The fourth-order valence-electron chi connectivity index (χ4n) is 1.49. The molecule has 1 amide bonds. The first kappa shape index (κ1) is 13.9. The molecule has 1 aromatic rings. The van der Waals surface area contributed by atoms with Crippen LogP contribution >= 0.6 is 11.6 Å². The Morgan fingerprint density at radius 1 is 1.53 bits per heavy atom. The van der Waals surface area contributed by atoms with Gasteiger partial charge in [-0.3, -0.25) is 4.79 Å². The number of nitrogens with two attached hydrogens (primary N) is 1. The Balaban J connectivity index is 2.95. The lowest BCUT2D eigenvalue weighted by atomic mass is 10.2. The molecule has 0 heterocycles. The Morgan fingerprint density at radius 2 is 2.24 bits per heavy atom. The van der Waals surface area contributed by atoms with Crippen LogP contribution in [0.4, 0.5) is 10.1 Å². The molecule has 0 aliphatic heterocycles. The number of anilines is 1. The Hall–Kier alpha value is -1.13. The van der Waals surface area contributed by atoms with E-state index in [1.54, 1.807) is 17.9 Å². The first-order valence-electron chi connectivity index (χ1n) is 5.55. The molecule has 3 nitrogen and oxygen atoms in total. The lowest BCUT2D eigenvalue weighted by Gasteiger charge is -2.22. The summed E-state index contributed by atoms with van der Waals surface area (Å²) in [5.74, 6) is -0.515. The first-order chi connectivity index (χ1) is 8.10. The maximum atomic E-state index is 13.0. The van der Waals surface area contributed by atoms with Crippen molar-refractivity contribution in [2.45, 2.75) is 19.8 Å². The van der Waals surface area contributed by atoms with Crippen molar-refractivity contribution in [2.24, 2.45) is 5.73 Å². The second-order valence-corrected chi connectivity index (χ2v) is 4.05. The van der Waals surface area contributed by atoms with Crippen LogP contribution in [0.1, 0.15) is 19.8 Å². The highest BCUT2D eigenvalue weighted by Crippen LogP contribution is 2.23. The summed E-state index contributed by atoms with van der Waals surface area (Å²) in [5, 5.41) is 0.0177. The van der Waals surface area contributed by atoms with Crippen molar-refractivity contribution in [3.63, 3.8) is 0 Å². The lowest BCUT2D eigenvalue weighted by molar-refractivity contribution is -0.118. The van der Waals surface area contributed by atoms with Crippen LogP contribution in [-0.4, -0.2) is 19.0 Å². The van der Waals surface area contributed by atoms with Gasteiger partial charge in [0.2, 0.25) is 5.91 Å². The Kier molecular flexibility index (Phi) is 5.38. The molecule has 0 aromatic heterocycles. The summed E-state index contributed by atoms with van der Waals surface area (Å²) in [6.45, 7) is 2.80. The van der Waals surface area contributed by atoms with Crippen LogP contribution in [0.15, 0.2) is 18.2 Å². The predicted octanol–water partition coefficient (Wildman–Crippen LogP) is 2.57. The summed E-state index contributed by atoms with van der Waals surface area (Å²) in [6, 6.07) is 4.27. The zero-order chi connectivity index (χ0) is 12.8. The van der Waals surface area contributed by atoms with Crippen LogP contribution in [0.25, 0.3) is 0 Å². The molecule has 0 unspecified atom stereocenters. The largest absolute Gasteiger partial charge is 0.330 e. The van der Waals surface area contributed by atoms with Gasteiger partial charge in [0.15, 0.2) is 0 Å². The average molecular weight is 259 g/mol. The van der Waals surface area contributed by atoms with Crippen LogP contribution < -0.4 is 10.6 Å². The quantitative estimate of drug-likeness (QED) is 0.882. The van der Waals surface area contributed by atoms with E-state index in [1.807, 2.05) is 0 Å². The fourth-order valence-corrected chi connectivity index (χ4v) is 1.67. The van der Waals surface area contributed by atoms with Gasteiger partial charge in [-0.2, -0.15) is 0 Å². The van der Waals surface area contributed by atoms with Crippen molar-refractivity contribution in [3.8, 4) is 0 Å². The summed E-state index contributed by atoms with van der Waals surface area (Å²) in [4.78, 5) is 13.3. The summed E-state index contributed by atoms with van der Waals surface area (Å²) in [6.07, 6.45) is 1.08. The van der Waals surface area contributed by atoms with Gasteiger partial charge in [0, 0.05) is 18.7 Å². The van der Waals surface area contributed by atoms with E-state index in [4.69, 9.17) is 17.3 Å². The Morgan fingerprint density at radius 3 is 2.76 bits per heavy atom. The average Bonchev–Trinajstić information content (AvgIpc) is 2.33. The van der Waals surface area contributed by atoms with E-state index in [0.717, 1.165) is 0 Å². The van der Waals surface area contributed by atoms with Gasteiger partial charge in [-0.05, 0) is 31.2 Å². The molecule has 1 aromatic carbocycles. The summed E-state index contributed by atoms with van der Waals surface area (Å²) >= 11 is 5.70. The molecular weight excluding hydrogens is 243 g/mol. The fraction of sp³-hybridized carbons (Fsp3) is 0.417. The number of halogens is 2. The SMILES string of the molecule is CCC(=O)N(CCCN)c1ccc(F)c(Cl)c1. The van der Waals surface area contributed by atoms with E-state index in [-0.39, 0.29) is 10.9 Å². The van der Waals surface area contributed by atoms with Crippen LogP contribution in [0, 0.1) is 5.82 Å².